The van der Waals surface area contributed by atoms with Crippen LogP contribution in [0.4, 0.5) is 11.4 Å². The van der Waals surface area contributed by atoms with E-state index < -0.39 is 16.5 Å². The second-order valence-corrected chi connectivity index (χ2v) is 3.60. The summed E-state index contributed by atoms with van der Waals surface area (Å²) in [5, 5.41) is 13.1. The lowest BCUT2D eigenvalue weighted by Gasteiger charge is -2.04. The molecule has 1 amide bonds. The van der Waals surface area contributed by atoms with Crippen molar-refractivity contribution in [2.45, 2.75) is 0 Å². The fourth-order valence-electron chi connectivity index (χ4n) is 1.39. The zero-order valence-electron chi connectivity index (χ0n) is 9.53. The zero-order chi connectivity index (χ0) is 13.8. The van der Waals surface area contributed by atoms with Crippen LogP contribution in [0.2, 0.25) is 0 Å². The first-order valence-electron chi connectivity index (χ1n) is 5.21. The maximum Gasteiger partial charge on any atom is 0.335 e. The average Bonchev–Trinajstić information content (AvgIpc) is 2.39. The van der Waals surface area contributed by atoms with Crippen LogP contribution < -0.4 is 10.9 Å². The molecule has 1 N–H and O–H groups in total. The van der Waals surface area contributed by atoms with Crippen molar-refractivity contribution in [1.29, 1.82) is 0 Å². The van der Waals surface area contributed by atoms with Gasteiger partial charge < -0.3 is 9.73 Å². The molecular weight excluding hydrogens is 252 g/mol. The Morgan fingerprint density at radius 1 is 1.26 bits per heavy atom. The summed E-state index contributed by atoms with van der Waals surface area (Å²) in [5.74, 6) is -0.524. The zero-order valence-corrected chi connectivity index (χ0v) is 9.53. The van der Waals surface area contributed by atoms with Crippen molar-refractivity contribution in [3.8, 4) is 0 Å². The van der Waals surface area contributed by atoms with Crippen molar-refractivity contribution in [1.82, 2.24) is 0 Å². The number of carbonyl (C=O) groups is 1. The number of nitro groups is 1. The third-order valence-corrected chi connectivity index (χ3v) is 2.28. The first-order chi connectivity index (χ1) is 9.06. The van der Waals surface area contributed by atoms with Crippen molar-refractivity contribution in [2.75, 3.05) is 5.32 Å². The number of hydrogen-bond acceptors (Lipinski definition) is 5. The molecule has 2 rings (SSSR count). The Morgan fingerprint density at radius 2 is 2.05 bits per heavy atom. The van der Waals surface area contributed by atoms with E-state index in [9.17, 15) is 19.7 Å². The molecule has 0 saturated heterocycles. The summed E-state index contributed by atoms with van der Waals surface area (Å²) in [6.45, 7) is 0. The van der Waals surface area contributed by atoms with Gasteiger partial charge in [-0.05, 0) is 12.1 Å². The van der Waals surface area contributed by atoms with Crippen LogP contribution >= 0.6 is 0 Å². The van der Waals surface area contributed by atoms with E-state index in [4.69, 9.17) is 0 Å². The largest absolute Gasteiger partial charge is 0.430 e. The first-order valence-corrected chi connectivity index (χ1v) is 5.21. The van der Waals surface area contributed by atoms with Gasteiger partial charge in [-0.2, -0.15) is 0 Å². The maximum atomic E-state index is 11.8. The number of anilines is 1. The number of nitrogens with zero attached hydrogens (tertiary/aromatic N) is 1. The molecule has 0 bridgehead atoms. The number of non-ortho nitro benzene ring substituents is 1. The molecule has 0 spiro atoms. The third kappa shape index (κ3) is 3.03. The number of carbonyl (C=O) groups excluding carboxylic acids is 1. The van der Waals surface area contributed by atoms with Crippen LogP contribution in [0.15, 0.2) is 51.9 Å². The van der Waals surface area contributed by atoms with Crippen molar-refractivity contribution < 1.29 is 14.1 Å². The van der Waals surface area contributed by atoms with Crippen LogP contribution in [-0.2, 0) is 0 Å². The molecule has 1 aromatic carbocycles. The molecule has 96 valence electrons. The fourth-order valence-corrected chi connectivity index (χ4v) is 1.39. The number of hydrogen-bond donors (Lipinski definition) is 1. The molecule has 0 fully saturated rings. The minimum atomic E-state index is -0.563. The van der Waals surface area contributed by atoms with E-state index in [0.29, 0.717) is 0 Å². The summed E-state index contributed by atoms with van der Waals surface area (Å²) < 4.78 is 4.55. The van der Waals surface area contributed by atoms with Gasteiger partial charge in [0.05, 0.1) is 10.5 Å². The molecule has 0 unspecified atom stereocenters. The number of nitrogens with one attached hydrogen (secondary N) is 1. The fraction of sp³-hybridized carbons (Fsp3) is 0. The van der Waals surface area contributed by atoms with Crippen LogP contribution in [0.3, 0.4) is 0 Å². The van der Waals surface area contributed by atoms with Gasteiger partial charge in [-0.3, -0.25) is 14.9 Å². The van der Waals surface area contributed by atoms with Gasteiger partial charge >= 0.3 is 5.63 Å². The van der Waals surface area contributed by atoms with Crippen LogP contribution in [0.5, 0.6) is 0 Å². The number of benzene rings is 1. The number of amides is 1. The minimum absolute atomic E-state index is 0.127. The lowest BCUT2D eigenvalue weighted by molar-refractivity contribution is -0.384. The van der Waals surface area contributed by atoms with Crippen molar-refractivity contribution in [3.05, 3.63) is 68.8 Å². The third-order valence-electron chi connectivity index (χ3n) is 2.28. The predicted octanol–water partition coefficient (Wildman–Crippen LogP) is 1.80. The molecule has 1 aromatic heterocycles. The van der Waals surface area contributed by atoms with Gasteiger partial charge in [0.25, 0.3) is 11.6 Å². The minimum Gasteiger partial charge on any atom is -0.430 e. The van der Waals surface area contributed by atoms with Gasteiger partial charge in [0.2, 0.25) is 0 Å². The summed E-state index contributed by atoms with van der Waals surface area (Å²) in [5.41, 5.74) is -0.263. The van der Waals surface area contributed by atoms with Crippen molar-refractivity contribution >= 4 is 17.3 Å². The smallest absolute Gasteiger partial charge is 0.335 e. The molecule has 0 aliphatic rings. The van der Waals surface area contributed by atoms with E-state index in [-0.39, 0.29) is 16.9 Å². The average molecular weight is 260 g/mol. The summed E-state index contributed by atoms with van der Waals surface area (Å²) in [6.07, 6.45) is 1.02. The SMILES string of the molecule is O=C(Nc1cccc([N+](=O)[O-])c1)c1ccc(=O)oc1. The molecule has 2 aromatic rings. The molecule has 0 aliphatic carbocycles. The summed E-state index contributed by atoms with van der Waals surface area (Å²) in [7, 11) is 0. The Kier molecular flexibility index (Phi) is 3.37. The maximum absolute atomic E-state index is 11.8. The van der Waals surface area contributed by atoms with Gasteiger partial charge in [0, 0.05) is 23.9 Å². The van der Waals surface area contributed by atoms with Gasteiger partial charge in [0.1, 0.15) is 6.26 Å². The normalized spacial score (nSPS) is 9.89. The van der Waals surface area contributed by atoms with Crippen LogP contribution in [0.1, 0.15) is 10.4 Å². The quantitative estimate of drug-likeness (QED) is 0.669. The highest BCUT2D eigenvalue weighted by Gasteiger charge is 2.10. The van der Waals surface area contributed by atoms with E-state index in [1.54, 1.807) is 0 Å². The van der Waals surface area contributed by atoms with E-state index in [1.165, 1.54) is 30.3 Å². The Balaban J connectivity index is 2.19. The standard InChI is InChI=1S/C12H8N2O5/c15-11-5-4-8(7-19-11)12(16)13-9-2-1-3-10(6-9)14(17)18/h1-7H,(H,13,16). The lowest BCUT2D eigenvalue weighted by Crippen LogP contribution is -2.13. The van der Waals surface area contributed by atoms with Gasteiger partial charge in [0.15, 0.2) is 0 Å². The monoisotopic (exact) mass is 260 g/mol. The Bertz CT molecular complexity index is 672. The van der Waals surface area contributed by atoms with Crippen molar-refractivity contribution in [3.63, 3.8) is 0 Å². The first kappa shape index (κ1) is 12.5. The molecule has 7 nitrogen and oxygen atoms in total. The van der Waals surface area contributed by atoms with Crippen LogP contribution in [0.25, 0.3) is 0 Å². The van der Waals surface area contributed by atoms with Crippen molar-refractivity contribution in [2.24, 2.45) is 0 Å². The molecule has 19 heavy (non-hydrogen) atoms. The van der Waals surface area contributed by atoms with Gasteiger partial charge in [-0.25, -0.2) is 4.79 Å². The Labute approximate surface area is 106 Å². The molecule has 0 atom stereocenters. The highest BCUT2D eigenvalue weighted by Crippen LogP contribution is 2.17. The predicted molar refractivity (Wildman–Crippen MR) is 66.0 cm³/mol. The lowest BCUT2D eigenvalue weighted by atomic mass is 10.2. The molecule has 7 heteroatoms. The van der Waals surface area contributed by atoms with E-state index in [0.717, 1.165) is 12.3 Å². The Morgan fingerprint density at radius 3 is 2.68 bits per heavy atom. The van der Waals surface area contributed by atoms with E-state index >= 15 is 0 Å². The van der Waals surface area contributed by atoms with E-state index in [2.05, 4.69) is 9.73 Å². The topological polar surface area (TPSA) is 102 Å². The molecule has 1 heterocycles. The van der Waals surface area contributed by atoms with E-state index in [1.807, 2.05) is 0 Å². The van der Waals surface area contributed by atoms with Crippen LogP contribution in [0, 0.1) is 10.1 Å². The summed E-state index contributed by atoms with van der Waals surface area (Å²) in [4.78, 5) is 32.5. The molecule has 0 radical (unpaired) electrons. The van der Waals surface area contributed by atoms with Gasteiger partial charge in [-0.15, -0.1) is 0 Å². The molecule has 0 saturated carbocycles. The van der Waals surface area contributed by atoms with Gasteiger partial charge in [-0.1, -0.05) is 6.07 Å². The Hall–Kier alpha value is -2.96. The van der Waals surface area contributed by atoms with Crippen LogP contribution in [-0.4, -0.2) is 10.8 Å². The number of rotatable bonds is 3. The summed E-state index contributed by atoms with van der Waals surface area (Å²) >= 11 is 0. The molecular formula is C12H8N2O5. The second-order valence-electron chi connectivity index (χ2n) is 3.60. The second kappa shape index (κ2) is 5.13. The highest BCUT2D eigenvalue weighted by atomic mass is 16.6. The highest BCUT2D eigenvalue weighted by molar-refractivity contribution is 6.04. The number of nitro benzene ring substituents is 1. The summed E-state index contributed by atoms with van der Waals surface area (Å²) in [6, 6.07) is 7.94. The molecule has 0 aliphatic heterocycles.